The average molecular weight is 266 g/mol. The molecule has 98 valence electrons. The molecule has 3 nitrogen and oxygen atoms in total. The summed E-state index contributed by atoms with van der Waals surface area (Å²) in [6.45, 7) is 2.19. The monoisotopic (exact) mass is 266 g/mol. The van der Waals surface area contributed by atoms with Crippen LogP contribution in [0.3, 0.4) is 0 Å². The Kier molecular flexibility index (Phi) is 4.19. The van der Waals surface area contributed by atoms with Crippen molar-refractivity contribution in [3.8, 4) is 0 Å². The zero-order valence-electron chi connectivity index (χ0n) is 10.5. The second kappa shape index (κ2) is 5.67. The fourth-order valence-corrected chi connectivity index (χ4v) is 2.93. The maximum absolute atomic E-state index is 11.9. The molecule has 1 aromatic rings. The summed E-state index contributed by atoms with van der Waals surface area (Å²) >= 11 is 0. The van der Waals surface area contributed by atoms with Crippen LogP contribution < -0.4 is 0 Å². The van der Waals surface area contributed by atoms with Crippen LogP contribution in [0.25, 0.3) is 0 Å². The van der Waals surface area contributed by atoms with Crippen molar-refractivity contribution in [3.63, 3.8) is 0 Å². The van der Waals surface area contributed by atoms with E-state index in [1.54, 1.807) is 24.3 Å². The zero-order chi connectivity index (χ0) is 13.0. The van der Waals surface area contributed by atoms with Crippen molar-refractivity contribution in [3.05, 3.63) is 42.0 Å². The number of aryl methyl sites for hydroxylation is 1. The van der Waals surface area contributed by atoms with Crippen LogP contribution in [0.15, 0.2) is 41.3 Å². The molecule has 4 heteroatoms. The van der Waals surface area contributed by atoms with E-state index in [9.17, 15) is 8.42 Å². The van der Waals surface area contributed by atoms with Crippen molar-refractivity contribution in [2.75, 3.05) is 6.61 Å². The van der Waals surface area contributed by atoms with Gasteiger partial charge in [0.25, 0.3) is 10.1 Å². The Hall–Kier alpha value is -1.13. The molecule has 0 bridgehead atoms. The standard InChI is InChI=1S/C14H18O3S/c1-12-6-8-14(9-7-12)18(15,16)17-11-10-13-4-2-3-5-13/h2-3,6-9,13H,4-5,10-11H2,1H3. The van der Waals surface area contributed by atoms with Crippen molar-refractivity contribution in [1.29, 1.82) is 0 Å². The lowest BCUT2D eigenvalue weighted by atomic mass is 10.0. The fourth-order valence-electron chi connectivity index (χ4n) is 2.01. The SMILES string of the molecule is Cc1ccc(S(=O)(=O)OCCC2CC=CC2)cc1. The Morgan fingerprint density at radius 3 is 2.39 bits per heavy atom. The molecule has 0 radical (unpaired) electrons. The molecule has 0 heterocycles. The highest BCUT2D eigenvalue weighted by atomic mass is 32.2. The number of benzene rings is 1. The minimum atomic E-state index is -3.59. The highest BCUT2D eigenvalue weighted by molar-refractivity contribution is 7.86. The van der Waals surface area contributed by atoms with Crippen molar-refractivity contribution in [2.45, 2.75) is 31.1 Å². The van der Waals surface area contributed by atoms with Gasteiger partial charge >= 0.3 is 0 Å². The Balaban J connectivity index is 1.89. The maximum Gasteiger partial charge on any atom is 0.296 e. The maximum atomic E-state index is 11.9. The van der Waals surface area contributed by atoms with E-state index in [-0.39, 0.29) is 11.5 Å². The van der Waals surface area contributed by atoms with Crippen molar-refractivity contribution in [2.24, 2.45) is 5.92 Å². The third-order valence-electron chi connectivity index (χ3n) is 3.18. The number of rotatable bonds is 5. The van der Waals surface area contributed by atoms with Gasteiger partial charge in [-0.3, -0.25) is 4.18 Å². The molecule has 1 aliphatic rings. The molecule has 1 aromatic carbocycles. The molecule has 0 amide bonds. The van der Waals surface area contributed by atoms with Crippen LogP contribution in [0, 0.1) is 12.8 Å². The van der Waals surface area contributed by atoms with E-state index < -0.39 is 10.1 Å². The second-order valence-corrected chi connectivity index (χ2v) is 6.30. The first kappa shape index (κ1) is 13.3. The summed E-state index contributed by atoms with van der Waals surface area (Å²) in [5.74, 6) is 0.540. The smallest absolute Gasteiger partial charge is 0.266 e. The number of hydrogen-bond acceptors (Lipinski definition) is 3. The summed E-state index contributed by atoms with van der Waals surface area (Å²) in [5, 5.41) is 0. The molecule has 0 fully saturated rings. The van der Waals surface area contributed by atoms with Gasteiger partial charge in [-0.1, -0.05) is 29.8 Å². The van der Waals surface area contributed by atoms with E-state index in [0.717, 1.165) is 24.8 Å². The minimum Gasteiger partial charge on any atom is -0.266 e. The summed E-state index contributed by atoms with van der Waals surface area (Å²) in [6, 6.07) is 6.72. The third kappa shape index (κ3) is 3.43. The van der Waals surface area contributed by atoms with Gasteiger partial charge in [-0.2, -0.15) is 8.42 Å². The third-order valence-corrected chi connectivity index (χ3v) is 4.51. The van der Waals surface area contributed by atoms with E-state index in [1.165, 1.54) is 0 Å². The second-order valence-electron chi connectivity index (χ2n) is 4.69. The van der Waals surface area contributed by atoms with Gasteiger partial charge in [0, 0.05) is 0 Å². The Morgan fingerprint density at radius 2 is 1.78 bits per heavy atom. The lowest BCUT2D eigenvalue weighted by Crippen LogP contribution is -2.10. The van der Waals surface area contributed by atoms with Crippen LogP contribution in [0.4, 0.5) is 0 Å². The average Bonchev–Trinajstić information content (AvgIpc) is 2.82. The first-order valence-electron chi connectivity index (χ1n) is 6.19. The lowest BCUT2D eigenvalue weighted by Gasteiger charge is -2.09. The molecule has 0 atom stereocenters. The van der Waals surface area contributed by atoms with Crippen LogP contribution in [0.5, 0.6) is 0 Å². The lowest BCUT2D eigenvalue weighted by molar-refractivity contribution is 0.285. The molecule has 0 aliphatic heterocycles. The molecule has 18 heavy (non-hydrogen) atoms. The van der Waals surface area contributed by atoms with Crippen LogP contribution in [-0.4, -0.2) is 15.0 Å². The molecule has 1 aliphatic carbocycles. The van der Waals surface area contributed by atoms with Crippen molar-refractivity contribution in [1.82, 2.24) is 0 Å². The Labute approximate surface area is 109 Å². The van der Waals surface area contributed by atoms with E-state index in [4.69, 9.17) is 4.18 Å². The highest BCUT2D eigenvalue weighted by Crippen LogP contribution is 2.22. The summed E-state index contributed by atoms with van der Waals surface area (Å²) in [5.41, 5.74) is 1.03. The van der Waals surface area contributed by atoms with Crippen molar-refractivity contribution >= 4 is 10.1 Å². The highest BCUT2D eigenvalue weighted by Gasteiger charge is 2.16. The molecule has 2 rings (SSSR count). The molecule has 0 aromatic heterocycles. The predicted octanol–water partition coefficient (Wildman–Crippen LogP) is 3.06. The van der Waals surface area contributed by atoms with Crippen LogP contribution in [0.2, 0.25) is 0 Å². The zero-order valence-corrected chi connectivity index (χ0v) is 11.3. The topological polar surface area (TPSA) is 43.4 Å². The van der Waals surface area contributed by atoms with Gasteiger partial charge < -0.3 is 0 Å². The summed E-state index contributed by atoms with van der Waals surface area (Å²) in [6.07, 6.45) is 7.14. The molecule has 0 N–H and O–H groups in total. The summed E-state index contributed by atoms with van der Waals surface area (Å²) < 4.78 is 28.8. The van der Waals surface area contributed by atoms with Crippen LogP contribution in [0.1, 0.15) is 24.8 Å². The van der Waals surface area contributed by atoms with Crippen molar-refractivity contribution < 1.29 is 12.6 Å². The fraction of sp³-hybridized carbons (Fsp3) is 0.429. The van der Waals surface area contributed by atoms with E-state index in [0.29, 0.717) is 5.92 Å². The Bertz CT molecular complexity index is 506. The van der Waals surface area contributed by atoms with Crippen LogP contribution >= 0.6 is 0 Å². The first-order valence-corrected chi connectivity index (χ1v) is 7.60. The molecule has 0 saturated carbocycles. The van der Waals surface area contributed by atoms with Gasteiger partial charge in [-0.15, -0.1) is 0 Å². The van der Waals surface area contributed by atoms with Gasteiger partial charge in [-0.05, 0) is 44.2 Å². The van der Waals surface area contributed by atoms with Crippen LogP contribution in [-0.2, 0) is 14.3 Å². The molecular formula is C14H18O3S. The van der Waals surface area contributed by atoms with Gasteiger partial charge in [0.15, 0.2) is 0 Å². The molecule has 0 spiro atoms. The predicted molar refractivity (Wildman–Crippen MR) is 70.8 cm³/mol. The Morgan fingerprint density at radius 1 is 1.17 bits per heavy atom. The summed E-state index contributed by atoms with van der Waals surface area (Å²) in [7, 11) is -3.59. The van der Waals surface area contributed by atoms with Gasteiger partial charge in [0.2, 0.25) is 0 Å². The van der Waals surface area contributed by atoms with E-state index in [2.05, 4.69) is 12.2 Å². The van der Waals surface area contributed by atoms with E-state index in [1.807, 2.05) is 6.92 Å². The van der Waals surface area contributed by atoms with Gasteiger partial charge in [0.1, 0.15) is 0 Å². The first-order chi connectivity index (χ1) is 8.58. The molecular weight excluding hydrogens is 248 g/mol. The van der Waals surface area contributed by atoms with E-state index >= 15 is 0 Å². The number of allylic oxidation sites excluding steroid dienone is 2. The quantitative estimate of drug-likeness (QED) is 0.607. The van der Waals surface area contributed by atoms with Gasteiger partial charge in [-0.25, -0.2) is 0 Å². The molecule has 0 saturated heterocycles. The van der Waals surface area contributed by atoms with Gasteiger partial charge in [0.05, 0.1) is 11.5 Å². The largest absolute Gasteiger partial charge is 0.296 e. The number of hydrogen-bond donors (Lipinski definition) is 0. The minimum absolute atomic E-state index is 0.234. The summed E-state index contributed by atoms with van der Waals surface area (Å²) in [4.78, 5) is 0.234. The molecule has 0 unspecified atom stereocenters. The normalized spacial score (nSPS) is 16.3.